The van der Waals surface area contributed by atoms with E-state index < -0.39 is 12.1 Å². The lowest BCUT2D eigenvalue weighted by Crippen LogP contribution is -2.51. The standard InChI is InChI=1S/C30H34N4O2/c1-3-19(2)28(31)30(36)34-26(18-22-9-6-8-21-7-4-5-10-24(21)22)27(35)14-12-20-11-13-25-23(17-20)15-16-33-29(25)32/h4-11,13,15-17,19,26,28H,3,12,14,18,31H2,1-2H3,(H2,32,33)(H,34,36)/t19?,26-,28+/m0/s1. The van der Waals surface area contributed by atoms with Crippen LogP contribution in [0.2, 0.25) is 0 Å². The van der Waals surface area contributed by atoms with E-state index in [1.165, 1.54) is 0 Å². The average molecular weight is 483 g/mol. The topological polar surface area (TPSA) is 111 Å². The Balaban J connectivity index is 1.55. The summed E-state index contributed by atoms with van der Waals surface area (Å²) in [6, 6.07) is 20.7. The number of nitrogens with one attached hydrogen (secondary N) is 1. The van der Waals surface area contributed by atoms with Crippen LogP contribution in [0.4, 0.5) is 5.82 Å². The third kappa shape index (κ3) is 5.71. The van der Waals surface area contributed by atoms with Gasteiger partial charge in [0.25, 0.3) is 0 Å². The molecule has 0 aliphatic rings. The summed E-state index contributed by atoms with van der Waals surface area (Å²) in [5.41, 5.74) is 14.2. The maximum atomic E-state index is 13.5. The fourth-order valence-electron chi connectivity index (χ4n) is 4.56. The molecule has 0 fully saturated rings. The molecule has 1 aromatic heterocycles. The van der Waals surface area contributed by atoms with Gasteiger partial charge in [0, 0.05) is 24.4 Å². The predicted molar refractivity (Wildman–Crippen MR) is 146 cm³/mol. The number of benzene rings is 3. The van der Waals surface area contributed by atoms with Gasteiger partial charge in [-0.2, -0.15) is 0 Å². The quantitative estimate of drug-likeness (QED) is 0.307. The van der Waals surface area contributed by atoms with E-state index in [-0.39, 0.29) is 17.6 Å². The summed E-state index contributed by atoms with van der Waals surface area (Å²) in [7, 11) is 0. The second-order valence-electron chi connectivity index (χ2n) is 9.53. The molecule has 6 heteroatoms. The lowest BCUT2D eigenvalue weighted by Gasteiger charge is -2.23. The van der Waals surface area contributed by atoms with Crippen LogP contribution in [-0.4, -0.2) is 28.8 Å². The zero-order valence-corrected chi connectivity index (χ0v) is 20.9. The summed E-state index contributed by atoms with van der Waals surface area (Å²) in [6.07, 6.45) is 3.76. The van der Waals surface area contributed by atoms with Crippen LogP contribution in [0.25, 0.3) is 21.5 Å². The van der Waals surface area contributed by atoms with E-state index in [9.17, 15) is 9.59 Å². The summed E-state index contributed by atoms with van der Waals surface area (Å²) in [5.74, 6) is 0.224. The molecule has 6 nitrogen and oxygen atoms in total. The summed E-state index contributed by atoms with van der Waals surface area (Å²) in [5, 5.41) is 7.06. The van der Waals surface area contributed by atoms with Gasteiger partial charge in [0.15, 0.2) is 5.78 Å². The Labute approximate surface area is 212 Å². The van der Waals surface area contributed by atoms with Crippen molar-refractivity contribution >= 4 is 39.1 Å². The van der Waals surface area contributed by atoms with E-state index in [0.717, 1.165) is 39.1 Å². The van der Waals surface area contributed by atoms with Crippen molar-refractivity contribution in [2.75, 3.05) is 5.73 Å². The molecule has 0 radical (unpaired) electrons. The van der Waals surface area contributed by atoms with Crippen LogP contribution in [0, 0.1) is 5.92 Å². The highest BCUT2D eigenvalue weighted by molar-refractivity contribution is 5.93. The normalized spacial score (nSPS) is 13.9. The highest BCUT2D eigenvalue weighted by Gasteiger charge is 2.26. The van der Waals surface area contributed by atoms with Gasteiger partial charge >= 0.3 is 0 Å². The summed E-state index contributed by atoms with van der Waals surface area (Å²) in [4.78, 5) is 30.6. The van der Waals surface area contributed by atoms with Gasteiger partial charge in [-0.25, -0.2) is 4.98 Å². The number of anilines is 1. The van der Waals surface area contributed by atoms with Crippen LogP contribution in [0.1, 0.15) is 37.8 Å². The van der Waals surface area contributed by atoms with Crippen molar-refractivity contribution < 1.29 is 9.59 Å². The minimum Gasteiger partial charge on any atom is -0.383 e. The molecule has 0 bridgehead atoms. The number of fused-ring (bicyclic) bond motifs is 2. The van der Waals surface area contributed by atoms with Crippen molar-refractivity contribution in [1.82, 2.24) is 10.3 Å². The number of nitrogens with two attached hydrogens (primary N) is 2. The Hall–Kier alpha value is -3.77. The minimum atomic E-state index is -0.655. The molecule has 4 aromatic rings. The first-order valence-corrected chi connectivity index (χ1v) is 12.6. The first-order chi connectivity index (χ1) is 17.4. The smallest absolute Gasteiger partial charge is 0.237 e. The maximum Gasteiger partial charge on any atom is 0.237 e. The maximum absolute atomic E-state index is 13.5. The van der Waals surface area contributed by atoms with Crippen LogP contribution >= 0.6 is 0 Å². The third-order valence-electron chi connectivity index (χ3n) is 7.09. The van der Waals surface area contributed by atoms with Crippen LogP contribution in [-0.2, 0) is 22.4 Å². The molecule has 186 valence electrons. The van der Waals surface area contributed by atoms with E-state index >= 15 is 0 Å². The van der Waals surface area contributed by atoms with Crippen molar-refractivity contribution in [2.45, 2.75) is 51.6 Å². The summed E-state index contributed by atoms with van der Waals surface area (Å²) >= 11 is 0. The number of nitrogen functional groups attached to an aromatic ring is 1. The van der Waals surface area contributed by atoms with Gasteiger partial charge in [-0.3, -0.25) is 9.59 Å². The Bertz CT molecular complexity index is 1380. The predicted octanol–water partition coefficient (Wildman–Crippen LogP) is 4.57. The van der Waals surface area contributed by atoms with E-state index in [2.05, 4.69) is 28.5 Å². The first kappa shape index (κ1) is 25.3. The molecule has 0 aliphatic heterocycles. The highest BCUT2D eigenvalue weighted by atomic mass is 16.2. The van der Waals surface area contributed by atoms with Crippen LogP contribution < -0.4 is 16.8 Å². The Kier molecular flexibility index (Phi) is 7.96. The van der Waals surface area contributed by atoms with Gasteiger partial charge < -0.3 is 16.8 Å². The molecule has 36 heavy (non-hydrogen) atoms. The molecule has 1 unspecified atom stereocenters. The first-order valence-electron chi connectivity index (χ1n) is 12.6. The molecule has 0 aliphatic carbocycles. The SMILES string of the molecule is CCC(C)[C@@H](N)C(=O)N[C@@H](Cc1cccc2ccccc12)C(=O)CCc1ccc2c(N)nccc2c1. The van der Waals surface area contributed by atoms with Crippen molar-refractivity contribution in [2.24, 2.45) is 11.7 Å². The van der Waals surface area contributed by atoms with E-state index in [4.69, 9.17) is 11.5 Å². The molecule has 1 heterocycles. The van der Waals surface area contributed by atoms with Gasteiger partial charge in [-0.1, -0.05) is 80.9 Å². The molecular formula is C30H34N4O2. The second kappa shape index (κ2) is 11.3. The van der Waals surface area contributed by atoms with Gasteiger partial charge in [0.2, 0.25) is 5.91 Å². The van der Waals surface area contributed by atoms with Crippen LogP contribution in [0.3, 0.4) is 0 Å². The number of nitrogens with zero attached hydrogens (tertiary/aromatic N) is 1. The number of amides is 1. The van der Waals surface area contributed by atoms with Gasteiger partial charge in [0.1, 0.15) is 5.82 Å². The number of rotatable bonds is 10. The third-order valence-corrected chi connectivity index (χ3v) is 7.09. The van der Waals surface area contributed by atoms with Gasteiger partial charge in [-0.15, -0.1) is 0 Å². The van der Waals surface area contributed by atoms with Gasteiger partial charge in [-0.05, 0) is 45.7 Å². The Morgan fingerprint density at radius 3 is 2.56 bits per heavy atom. The fraction of sp³-hybridized carbons (Fsp3) is 0.300. The minimum absolute atomic E-state index is 0.0121. The molecule has 5 N–H and O–H groups in total. The number of aromatic nitrogens is 1. The number of pyridine rings is 1. The molecular weight excluding hydrogens is 448 g/mol. The summed E-state index contributed by atoms with van der Waals surface area (Å²) < 4.78 is 0. The van der Waals surface area contributed by atoms with Crippen molar-refractivity contribution in [1.29, 1.82) is 0 Å². The Morgan fingerprint density at radius 1 is 0.972 bits per heavy atom. The van der Waals surface area contributed by atoms with Crippen LogP contribution in [0.5, 0.6) is 0 Å². The largest absolute Gasteiger partial charge is 0.383 e. The van der Waals surface area contributed by atoms with Crippen molar-refractivity contribution in [3.05, 3.63) is 84.1 Å². The molecule has 0 saturated heterocycles. The lowest BCUT2D eigenvalue weighted by molar-refractivity contribution is -0.129. The molecule has 4 rings (SSSR count). The van der Waals surface area contributed by atoms with E-state index in [1.54, 1.807) is 6.20 Å². The van der Waals surface area contributed by atoms with E-state index in [1.807, 2.05) is 62.4 Å². The molecule has 1 amide bonds. The number of hydrogen-bond acceptors (Lipinski definition) is 5. The summed E-state index contributed by atoms with van der Waals surface area (Å²) in [6.45, 7) is 3.96. The zero-order valence-electron chi connectivity index (χ0n) is 20.9. The molecule has 0 saturated carbocycles. The number of hydrogen-bond donors (Lipinski definition) is 3. The monoisotopic (exact) mass is 482 g/mol. The molecule has 0 spiro atoms. The second-order valence-corrected chi connectivity index (χ2v) is 9.53. The number of ketones is 1. The highest BCUT2D eigenvalue weighted by Crippen LogP contribution is 2.23. The lowest BCUT2D eigenvalue weighted by atomic mass is 9.93. The van der Waals surface area contributed by atoms with Crippen LogP contribution in [0.15, 0.2) is 72.9 Å². The van der Waals surface area contributed by atoms with Crippen molar-refractivity contribution in [3.8, 4) is 0 Å². The molecule has 3 atom stereocenters. The average Bonchev–Trinajstić information content (AvgIpc) is 2.90. The molecule has 3 aromatic carbocycles. The number of carbonyl (C=O) groups excluding carboxylic acids is 2. The number of aryl methyl sites for hydroxylation is 1. The van der Waals surface area contributed by atoms with Gasteiger partial charge in [0.05, 0.1) is 12.1 Å². The van der Waals surface area contributed by atoms with Crippen molar-refractivity contribution in [3.63, 3.8) is 0 Å². The Morgan fingerprint density at radius 2 is 1.75 bits per heavy atom. The zero-order chi connectivity index (χ0) is 25.7. The number of carbonyl (C=O) groups is 2. The number of Topliss-reactive ketones (excluding diaryl/α,β-unsaturated/α-hetero) is 1. The van der Waals surface area contributed by atoms with E-state index in [0.29, 0.717) is 25.1 Å². The fourth-order valence-corrected chi connectivity index (χ4v) is 4.56.